The Kier molecular flexibility index (Phi) is 5.44. The summed E-state index contributed by atoms with van der Waals surface area (Å²) < 4.78 is 0. The Morgan fingerprint density at radius 3 is 2.35 bits per heavy atom. The molecule has 1 rings (SSSR count). The van der Waals surface area contributed by atoms with E-state index in [-0.39, 0.29) is 5.41 Å². The van der Waals surface area contributed by atoms with Gasteiger partial charge in [-0.2, -0.15) is 0 Å². The van der Waals surface area contributed by atoms with Crippen LogP contribution < -0.4 is 0 Å². The molecule has 0 bridgehead atoms. The SMILES string of the molecule is CCCN1CCC(CC(=O)O)(CC(C)C)CC1. The van der Waals surface area contributed by atoms with E-state index in [4.69, 9.17) is 5.11 Å². The smallest absolute Gasteiger partial charge is 0.303 e. The molecule has 0 saturated carbocycles. The van der Waals surface area contributed by atoms with Crippen LogP contribution in [0, 0.1) is 11.3 Å². The van der Waals surface area contributed by atoms with Gasteiger partial charge in [-0.05, 0) is 56.7 Å². The molecule has 1 saturated heterocycles. The van der Waals surface area contributed by atoms with E-state index in [0.717, 1.165) is 38.9 Å². The van der Waals surface area contributed by atoms with Crippen LogP contribution in [0.25, 0.3) is 0 Å². The average molecular weight is 241 g/mol. The van der Waals surface area contributed by atoms with E-state index in [2.05, 4.69) is 25.7 Å². The molecular formula is C14H27NO2. The fourth-order valence-electron chi connectivity index (χ4n) is 3.21. The standard InChI is InChI=1S/C14H27NO2/c1-4-7-15-8-5-14(6-9-15,10-12(2)3)11-13(16)17/h12H,4-11H2,1-3H3,(H,16,17). The Hall–Kier alpha value is -0.570. The van der Waals surface area contributed by atoms with Crippen LogP contribution in [0.5, 0.6) is 0 Å². The van der Waals surface area contributed by atoms with Gasteiger partial charge in [-0.1, -0.05) is 20.8 Å². The zero-order valence-electron chi connectivity index (χ0n) is 11.5. The summed E-state index contributed by atoms with van der Waals surface area (Å²) in [6.45, 7) is 9.91. The molecule has 1 heterocycles. The van der Waals surface area contributed by atoms with E-state index in [1.54, 1.807) is 0 Å². The van der Waals surface area contributed by atoms with Gasteiger partial charge < -0.3 is 10.0 Å². The van der Waals surface area contributed by atoms with Crippen LogP contribution in [0.4, 0.5) is 0 Å². The second-order valence-corrected chi connectivity index (χ2v) is 6.01. The fraction of sp³-hybridized carbons (Fsp3) is 0.929. The van der Waals surface area contributed by atoms with Gasteiger partial charge in [0.05, 0.1) is 6.42 Å². The first kappa shape index (κ1) is 14.5. The Labute approximate surface area is 105 Å². The van der Waals surface area contributed by atoms with Crippen molar-refractivity contribution in [1.29, 1.82) is 0 Å². The topological polar surface area (TPSA) is 40.5 Å². The molecule has 17 heavy (non-hydrogen) atoms. The molecule has 3 nitrogen and oxygen atoms in total. The third-order valence-electron chi connectivity index (χ3n) is 3.82. The van der Waals surface area contributed by atoms with Gasteiger partial charge in [0.15, 0.2) is 0 Å². The Balaban J connectivity index is 2.58. The summed E-state index contributed by atoms with van der Waals surface area (Å²) in [4.78, 5) is 13.5. The second kappa shape index (κ2) is 6.39. The second-order valence-electron chi connectivity index (χ2n) is 6.01. The molecule has 1 aliphatic rings. The maximum Gasteiger partial charge on any atom is 0.303 e. The van der Waals surface area contributed by atoms with Gasteiger partial charge >= 0.3 is 5.97 Å². The number of likely N-dealkylation sites (tertiary alicyclic amines) is 1. The van der Waals surface area contributed by atoms with Crippen LogP contribution in [-0.4, -0.2) is 35.6 Å². The summed E-state index contributed by atoms with van der Waals surface area (Å²) in [5.41, 5.74) is 0.0598. The average Bonchev–Trinajstić information content (AvgIpc) is 2.20. The molecule has 0 aromatic rings. The minimum atomic E-state index is -0.630. The predicted octanol–water partition coefficient (Wildman–Crippen LogP) is 3.00. The lowest BCUT2D eigenvalue weighted by atomic mass is 9.70. The van der Waals surface area contributed by atoms with Crippen molar-refractivity contribution < 1.29 is 9.90 Å². The van der Waals surface area contributed by atoms with Gasteiger partial charge in [-0.3, -0.25) is 4.79 Å². The minimum Gasteiger partial charge on any atom is -0.481 e. The number of hydrogen-bond acceptors (Lipinski definition) is 2. The lowest BCUT2D eigenvalue weighted by Crippen LogP contribution is -2.42. The molecule has 0 aliphatic carbocycles. The number of carboxylic acid groups (broad SMARTS) is 1. The quantitative estimate of drug-likeness (QED) is 0.777. The Morgan fingerprint density at radius 1 is 1.35 bits per heavy atom. The molecular weight excluding hydrogens is 214 g/mol. The van der Waals surface area contributed by atoms with Crippen molar-refractivity contribution in [1.82, 2.24) is 4.90 Å². The van der Waals surface area contributed by atoms with Crippen molar-refractivity contribution in [2.75, 3.05) is 19.6 Å². The maximum atomic E-state index is 11.0. The summed E-state index contributed by atoms with van der Waals surface area (Å²) in [7, 11) is 0. The molecule has 1 N–H and O–H groups in total. The first-order valence-electron chi connectivity index (χ1n) is 6.91. The van der Waals surface area contributed by atoms with Crippen LogP contribution in [-0.2, 0) is 4.79 Å². The molecule has 0 spiro atoms. The first-order chi connectivity index (χ1) is 7.97. The van der Waals surface area contributed by atoms with Crippen molar-refractivity contribution in [2.45, 2.75) is 52.9 Å². The van der Waals surface area contributed by atoms with Crippen molar-refractivity contribution >= 4 is 5.97 Å². The molecule has 0 radical (unpaired) electrons. The highest BCUT2D eigenvalue weighted by Crippen LogP contribution is 2.40. The molecule has 1 fully saturated rings. The molecule has 0 atom stereocenters. The van der Waals surface area contributed by atoms with Crippen LogP contribution >= 0.6 is 0 Å². The van der Waals surface area contributed by atoms with E-state index >= 15 is 0 Å². The third kappa shape index (κ3) is 4.66. The van der Waals surface area contributed by atoms with E-state index in [1.165, 1.54) is 6.42 Å². The predicted molar refractivity (Wildman–Crippen MR) is 70.1 cm³/mol. The number of nitrogens with zero attached hydrogens (tertiary/aromatic N) is 1. The summed E-state index contributed by atoms with van der Waals surface area (Å²) in [6.07, 6.45) is 4.70. The van der Waals surface area contributed by atoms with E-state index in [0.29, 0.717) is 12.3 Å². The van der Waals surface area contributed by atoms with Crippen LogP contribution in [0.2, 0.25) is 0 Å². The lowest BCUT2D eigenvalue weighted by Gasteiger charge is -2.42. The van der Waals surface area contributed by atoms with Gasteiger partial charge in [0.25, 0.3) is 0 Å². The highest BCUT2D eigenvalue weighted by molar-refractivity contribution is 5.67. The molecule has 3 heteroatoms. The number of rotatable bonds is 6. The highest BCUT2D eigenvalue weighted by atomic mass is 16.4. The first-order valence-corrected chi connectivity index (χ1v) is 6.91. The summed E-state index contributed by atoms with van der Waals surface area (Å²) >= 11 is 0. The third-order valence-corrected chi connectivity index (χ3v) is 3.82. The van der Waals surface area contributed by atoms with E-state index in [9.17, 15) is 4.79 Å². The van der Waals surface area contributed by atoms with Crippen molar-refractivity contribution in [3.63, 3.8) is 0 Å². The number of carboxylic acids is 1. The van der Waals surface area contributed by atoms with E-state index < -0.39 is 5.97 Å². The molecule has 1 aliphatic heterocycles. The van der Waals surface area contributed by atoms with Crippen molar-refractivity contribution in [2.24, 2.45) is 11.3 Å². The fourth-order valence-corrected chi connectivity index (χ4v) is 3.21. The zero-order chi connectivity index (χ0) is 12.9. The molecule has 0 amide bonds. The van der Waals surface area contributed by atoms with Crippen LogP contribution in [0.15, 0.2) is 0 Å². The molecule has 100 valence electrons. The normalized spacial score (nSPS) is 20.7. The van der Waals surface area contributed by atoms with Crippen molar-refractivity contribution in [3.05, 3.63) is 0 Å². The summed E-state index contributed by atoms with van der Waals surface area (Å²) in [5.74, 6) is -0.0401. The maximum absolute atomic E-state index is 11.0. The van der Waals surface area contributed by atoms with Gasteiger partial charge in [-0.25, -0.2) is 0 Å². The van der Waals surface area contributed by atoms with Crippen LogP contribution in [0.1, 0.15) is 52.9 Å². The minimum absolute atomic E-state index is 0.0598. The molecule has 0 aromatic carbocycles. The van der Waals surface area contributed by atoms with Crippen molar-refractivity contribution in [3.8, 4) is 0 Å². The number of aliphatic carboxylic acids is 1. The monoisotopic (exact) mass is 241 g/mol. The van der Waals surface area contributed by atoms with Gasteiger partial charge in [0.1, 0.15) is 0 Å². The number of piperidine rings is 1. The number of hydrogen-bond donors (Lipinski definition) is 1. The van der Waals surface area contributed by atoms with E-state index in [1.807, 2.05) is 0 Å². The largest absolute Gasteiger partial charge is 0.481 e. The van der Waals surface area contributed by atoms with Gasteiger partial charge in [0.2, 0.25) is 0 Å². The van der Waals surface area contributed by atoms with Crippen LogP contribution in [0.3, 0.4) is 0 Å². The Morgan fingerprint density at radius 2 is 1.94 bits per heavy atom. The van der Waals surface area contributed by atoms with Gasteiger partial charge in [-0.15, -0.1) is 0 Å². The number of carbonyl (C=O) groups is 1. The summed E-state index contributed by atoms with van der Waals surface area (Å²) in [5, 5.41) is 9.10. The summed E-state index contributed by atoms with van der Waals surface area (Å²) in [6, 6.07) is 0. The molecule has 0 unspecified atom stereocenters. The lowest BCUT2D eigenvalue weighted by molar-refractivity contribution is -0.141. The highest BCUT2D eigenvalue weighted by Gasteiger charge is 2.36. The Bertz CT molecular complexity index is 243. The molecule has 0 aromatic heterocycles. The zero-order valence-corrected chi connectivity index (χ0v) is 11.5. The van der Waals surface area contributed by atoms with Gasteiger partial charge in [0, 0.05) is 0 Å².